The van der Waals surface area contributed by atoms with Gasteiger partial charge in [0.2, 0.25) is 0 Å². The Kier molecular flexibility index (Phi) is 7.30. The minimum Gasteiger partial charge on any atom is -0.488 e. The highest BCUT2D eigenvalue weighted by Gasteiger charge is 2.40. The Labute approximate surface area is 242 Å². The lowest BCUT2D eigenvalue weighted by molar-refractivity contribution is 0.0161. The van der Waals surface area contributed by atoms with E-state index in [4.69, 9.17) is 9.47 Å². The molecule has 10 nitrogen and oxygen atoms in total. The van der Waals surface area contributed by atoms with Crippen molar-refractivity contribution in [3.8, 4) is 17.1 Å². The summed E-state index contributed by atoms with van der Waals surface area (Å²) in [5, 5.41) is 8.75. The summed E-state index contributed by atoms with van der Waals surface area (Å²) < 4.78 is 11.8. The maximum absolute atomic E-state index is 12.4. The molecule has 0 unspecified atom stereocenters. The second kappa shape index (κ2) is 10.8. The number of benzene rings is 1. The smallest absolute Gasteiger partial charge is 0.410 e. The van der Waals surface area contributed by atoms with Crippen LogP contribution >= 0.6 is 0 Å². The number of nitrogens with zero attached hydrogens (tertiary/aromatic N) is 6. The van der Waals surface area contributed by atoms with Gasteiger partial charge in [0.15, 0.2) is 0 Å². The van der Waals surface area contributed by atoms with Crippen molar-refractivity contribution in [1.29, 1.82) is 0 Å². The first-order valence-electron chi connectivity index (χ1n) is 15.0. The number of aromatic nitrogens is 4. The largest absolute Gasteiger partial charge is 0.488 e. The number of piperazine rings is 1. The van der Waals surface area contributed by atoms with Crippen molar-refractivity contribution < 1.29 is 14.3 Å². The van der Waals surface area contributed by atoms with Gasteiger partial charge >= 0.3 is 6.09 Å². The highest BCUT2D eigenvalue weighted by Crippen LogP contribution is 2.40. The van der Waals surface area contributed by atoms with Crippen LogP contribution in [0.15, 0.2) is 30.6 Å². The van der Waals surface area contributed by atoms with Gasteiger partial charge in [-0.15, -0.1) is 0 Å². The van der Waals surface area contributed by atoms with Crippen LogP contribution in [-0.2, 0) is 4.74 Å². The lowest BCUT2D eigenvalue weighted by Gasteiger charge is -2.43. The lowest BCUT2D eigenvalue weighted by atomic mass is 9.95. The Hall–Kier alpha value is -3.40. The number of likely N-dealkylation sites (tertiary alicyclic amines) is 1. The van der Waals surface area contributed by atoms with E-state index in [9.17, 15) is 4.79 Å². The van der Waals surface area contributed by atoms with E-state index in [1.54, 1.807) is 6.33 Å². The van der Waals surface area contributed by atoms with Crippen LogP contribution in [0.5, 0.6) is 5.75 Å². The van der Waals surface area contributed by atoms with Gasteiger partial charge in [-0.25, -0.2) is 14.8 Å². The van der Waals surface area contributed by atoms with Crippen molar-refractivity contribution >= 4 is 22.8 Å². The summed E-state index contributed by atoms with van der Waals surface area (Å²) >= 11 is 0. The maximum atomic E-state index is 12.4. The molecule has 1 amide bonds. The number of carbonyl (C=O) groups excluding carboxylic acids is 1. The summed E-state index contributed by atoms with van der Waals surface area (Å²) in [6.45, 7) is 15.6. The second-order valence-electron chi connectivity index (χ2n) is 13.3. The molecule has 1 saturated carbocycles. The highest BCUT2D eigenvalue weighted by molar-refractivity contribution is 5.93. The molecular formula is C31H43N7O3. The zero-order valence-corrected chi connectivity index (χ0v) is 25.0. The van der Waals surface area contributed by atoms with Crippen molar-refractivity contribution in [2.24, 2.45) is 5.92 Å². The standard InChI is InChI=1S/C31H43N7O3/c1-21-18-38(15-14-37(21)19-22-8-12-36(13-9-22)29(39)41-30(2,3)4)27-17-26(32-20-33-27)28-24-16-23(40-31(5)10-11-31)6-7-25(24)34-35-28/h6-7,16-17,20-22H,8-15,18-19H2,1-5H3,(H,34,35)/t21-/m0/s1. The van der Waals surface area contributed by atoms with Gasteiger partial charge in [0.05, 0.1) is 11.2 Å². The zero-order valence-electron chi connectivity index (χ0n) is 25.0. The number of aromatic amines is 1. The molecule has 3 aliphatic rings. The highest BCUT2D eigenvalue weighted by atomic mass is 16.6. The fraction of sp³-hybridized carbons (Fsp3) is 0.613. The molecule has 1 atom stereocenters. The van der Waals surface area contributed by atoms with E-state index in [1.165, 1.54) is 0 Å². The molecule has 0 bridgehead atoms. The van der Waals surface area contributed by atoms with Gasteiger partial charge < -0.3 is 19.3 Å². The lowest BCUT2D eigenvalue weighted by Crippen LogP contribution is -2.54. The van der Waals surface area contributed by atoms with Crippen molar-refractivity contribution in [1.82, 2.24) is 30.0 Å². The third-order valence-electron chi connectivity index (χ3n) is 8.60. The molecule has 2 aromatic heterocycles. The number of nitrogens with one attached hydrogen (secondary N) is 1. The fourth-order valence-electron chi connectivity index (χ4n) is 5.89. The van der Waals surface area contributed by atoms with Crippen molar-refractivity contribution in [3.63, 3.8) is 0 Å². The van der Waals surface area contributed by atoms with E-state index >= 15 is 0 Å². The van der Waals surface area contributed by atoms with Gasteiger partial charge in [0.1, 0.15) is 34.8 Å². The first-order chi connectivity index (χ1) is 19.6. The molecule has 1 N–H and O–H groups in total. The molecule has 10 heteroatoms. The van der Waals surface area contributed by atoms with Crippen LogP contribution in [0, 0.1) is 5.92 Å². The number of piperidine rings is 1. The van der Waals surface area contributed by atoms with Crippen LogP contribution in [0.25, 0.3) is 22.3 Å². The first-order valence-corrected chi connectivity index (χ1v) is 15.0. The average Bonchev–Trinajstić information content (AvgIpc) is 3.51. The van der Waals surface area contributed by atoms with E-state index < -0.39 is 5.60 Å². The molecule has 1 aromatic carbocycles. The number of fused-ring (bicyclic) bond motifs is 1. The third kappa shape index (κ3) is 6.42. The number of rotatable bonds is 6. The topological polar surface area (TPSA) is 99.7 Å². The summed E-state index contributed by atoms with van der Waals surface area (Å²) in [5.41, 5.74) is 2.11. The van der Waals surface area contributed by atoms with Gasteiger partial charge in [0, 0.05) is 56.8 Å². The first kappa shape index (κ1) is 27.8. The Morgan fingerprint density at radius 1 is 1.10 bits per heavy atom. The number of ether oxygens (including phenoxy) is 2. The molecule has 2 aliphatic heterocycles. The monoisotopic (exact) mass is 561 g/mol. The molecule has 1 aliphatic carbocycles. The van der Waals surface area contributed by atoms with Crippen molar-refractivity contribution in [2.45, 2.75) is 77.5 Å². The summed E-state index contributed by atoms with van der Waals surface area (Å²) in [5.74, 6) is 2.40. The molecule has 0 radical (unpaired) electrons. The van der Waals surface area contributed by atoms with Crippen LogP contribution in [0.3, 0.4) is 0 Å². The van der Waals surface area contributed by atoms with Crippen LogP contribution in [0.2, 0.25) is 0 Å². The zero-order chi connectivity index (χ0) is 28.8. The minimum atomic E-state index is -0.452. The predicted molar refractivity (Wildman–Crippen MR) is 159 cm³/mol. The fourth-order valence-corrected chi connectivity index (χ4v) is 5.89. The van der Waals surface area contributed by atoms with Crippen molar-refractivity contribution in [2.75, 3.05) is 44.2 Å². The summed E-state index contributed by atoms with van der Waals surface area (Å²) in [6.07, 6.45) is 5.68. The van der Waals surface area contributed by atoms with Crippen LogP contribution in [0.4, 0.5) is 10.6 Å². The normalized spacial score (nSPS) is 21.7. The van der Waals surface area contributed by atoms with Gasteiger partial charge in [-0.3, -0.25) is 10.00 Å². The van der Waals surface area contributed by atoms with Crippen LogP contribution in [0.1, 0.15) is 60.3 Å². The van der Waals surface area contributed by atoms with E-state index in [2.05, 4.69) is 55.9 Å². The molecule has 6 rings (SSSR count). The van der Waals surface area contributed by atoms with Crippen molar-refractivity contribution in [3.05, 3.63) is 30.6 Å². The minimum absolute atomic E-state index is 0.0318. The second-order valence-corrected chi connectivity index (χ2v) is 13.3. The number of anilines is 1. The quantitative estimate of drug-likeness (QED) is 0.443. The molecule has 0 spiro atoms. The van der Waals surface area contributed by atoms with E-state index in [0.717, 1.165) is 98.8 Å². The molecule has 4 heterocycles. The molecule has 41 heavy (non-hydrogen) atoms. The number of hydrogen-bond donors (Lipinski definition) is 1. The summed E-state index contributed by atoms with van der Waals surface area (Å²) in [6, 6.07) is 8.56. The Morgan fingerprint density at radius 3 is 2.59 bits per heavy atom. The SMILES string of the molecule is C[C@H]1CN(c2cc(-c3n[nH]c4ccc(OC5(C)CC5)cc34)ncn2)CCN1CC1CCN(C(=O)OC(C)(C)C)CC1. The molecule has 3 aromatic rings. The van der Waals surface area contributed by atoms with Gasteiger partial charge in [0.25, 0.3) is 0 Å². The van der Waals surface area contributed by atoms with E-state index in [0.29, 0.717) is 12.0 Å². The molecular weight excluding hydrogens is 518 g/mol. The summed E-state index contributed by atoms with van der Waals surface area (Å²) in [4.78, 5) is 28.5. The Balaban J connectivity index is 1.06. The van der Waals surface area contributed by atoms with Gasteiger partial charge in [-0.05, 0) is 84.4 Å². The summed E-state index contributed by atoms with van der Waals surface area (Å²) in [7, 11) is 0. The van der Waals surface area contributed by atoms with E-state index in [1.807, 2.05) is 37.8 Å². The number of amides is 1. The Morgan fingerprint density at radius 2 is 1.88 bits per heavy atom. The van der Waals surface area contributed by atoms with Crippen LogP contribution < -0.4 is 9.64 Å². The van der Waals surface area contributed by atoms with E-state index in [-0.39, 0.29) is 11.7 Å². The van der Waals surface area contributed by atoms with Gasteiger partial charge in [-0.2, -0.15) is 5.10 Å². The molecule has 220 valence electrons. The number of hydrogen-bond acceptors (Lipinski definition) is 8. The van der Waals surface area contributed by atoms with Gasteiger partial charge in [-0.1, -0.05) is 0 Å². The number of carbonyl (C=O) groups is 1. The maximum Gasteiger partial charge on any atom is 0.410 e. The number of H-pyrrole nitrogens is 1. The molecule has 3 fully saturated rings. The van der Waals surface area contributed by atoms with Crippen LogP contribution in [-0.4, -0.2) is 92.6 Å². The predicted octanol–water partition coefficient (Wildman–Crippen LogP) is 5.11. The molecule has 2 saturated heterocycles. The Bertz CT molecular complexity index is 1390. The third-order valence-corrected chi connectivity index (χ3v) is 8.60. The average molecular weight is 562 g/mol.